The molecular weight excluding hydrogens is 328 g/mol. The van der Waals surface area contributed by atoms with E-state index in [0.717, 1.165) is 18.5 Å². The Morgan fingerprint density at radius 2 is 2.00 bits per heavy atom. The Balaban J connectivity index is 2.81. The Morgan fingerprint density at radius 1 is 1.37 bits per heavy atom. The van der Waals surface area contributed by atoms with Crippen LogP contribution in [0, 0.1) is 6.92 Å². The van der Waals surface area contributed by atoms with Crippen molar-refractivity contribution < 1.29 is 8.42 Å². The Kier molecular flexibility index (Phi) is 5.98. The quantitative estimate of drug-likeness (QED) is 0.858. The van der Waals surface area contributed by atoms with Gasteiger partial charge in [-0.05, 0) is 74.5 Å². The summed E-state index contributed by atoms with van der Waals surface area (Å²) in [5.74, 6) is 0. The van der Waals surface area contributed by atoms with Crippen molar-refractivity contribution in [3.63, 3.8) is 0 Å². The lowest BCUT2D eigenvalue weighted by atomic mass is 10.2. The van der Waals surface area contributed by atoms with Gasteiger partial charge in [0.15, 0.2) is 0 Å². The number of aryl methyl sites for hydroxylation is 1. The van der Waals surface area contributed by atoms with E-state index in [0.29, 0.717) is 4.47 Å². The lowest BCUT2D eigenvalue weighted by molar-refractivity contribution is 0.379. The summed E-state index contributed by atoms with van der Waals surface area (Å²) in [6.45, 7) is 4.65. The fourth-order valence-electron chi connectivity index (χ4n) is 1.66. The highest BCUT2D eigenvalue weighted by atomic mass is 79.9. The number of hydrogen-bond acceptors (Lipinski definition) is 3. The molecule has 0 amide bonds. The van der Waals surface area contributed by atoms with E-state index >= 15 is 0 Å². The SMILES string of the molecule is Cc1ccc(S(=O)(=O)NC(C)CCN(C)C)c(Br)c1. The molecule has 0 spiro atoms. The molecule has 0 aromatic heterocycles. The molecule has 0 aliphatic rings. The third-order valence-electron chi connectivity index (χ3n) is 2.74. The minimum atomic E-state index is -3.47. The fraction of sp³-hybridized carbons (Fsp3) is 0.538. The van der Waals surface area contributed by atoms with E-state index in [4.69, 9.17) is 0 Å². The van der Waals surface area contributed by atoms with E-state index in [1.54, 1.807) is 18.2 Å². The minimum Gasteiger partial charge on any atom is -0.309 e. The van der Waals surface area contributed by atoms with Gasteiger partial charge in [0.1, 0.15) is 0 Å². The molecule has 108 valence electrons. The Morgan fingerprint density at radius 3 is 2.53 bits per heavy atom. The molecule has 0 radical (unpaired) electrons. The fourth-order valence-corrected chi connectivity index (χ4v) is 4.13. The second-order valence-corrected chi connectivity index (χ2v) is 7.58. The van der Waals surface area contributed by atoms with Crippen LogP contribution in [0.5, 0.6) is 0 Å². The molecule has 0 heterocycles. The predicted molar refractivity (Wildman–Crippen MR) is 81.8 cm³/mol. The van der Waals surface area contributed by atoms with Crippen LogP contribution >= 0.6 is 15.9 Å². The molecule has 1 N–H and O–H groups in total. The molecular formula is C13H21BrN2O2S. The Bertz CT molecular complexity index is 529. The van der Waals surface area contributed by atoms with Gasteiger partial charge in [-0.15, -0.1) is 0 Å². The first-order valence-corrected chi connectivity index (χ1v) is 8.43. The van der Waals surface area contributed by atoms with E-state index in [1.807, 2.05) is 32.8 Å². The van der Waals surface area contributed by atoms with Crippen LogP contribution < -0.4 is 4.72 Å². The van der Waals surface area contributed by atoms with Crippen molar-refractivity contribution in [1.29, 1.82) is 0 Å². The average molecular weight is 349 g/mol. The van der Waals surface area contributed by atoms with Crippen molar-refractivity contribution in [2.24, 2.45) is 0 Å². The smallest absolute Gasteiger partial charge is 0.241 e. The standard InChI is InChI=1S/C13H21BrN2O2S/c1-10-5-6-13(12(14)9-10)19(17,18)15-11(2)7-8-16(3)4/h5-6,9,11,15H,7-8H2,1-4H3. The number of nitrogens with one attached hydrogen (secondary N) is 1. The molecule has 0 aliphatic carbocycles. The molecule has 1 unspecified atom stereocenters. The van der Waals surface area contributed by atoms with Gasteiger partial charge in [0.25, 0.3) is 0 Å². The van der Waals surface area contributed by atoms with Crippen molar-refractivity contribution >= 4 is 26.0 Å². The summed E-state index contributed by atoms with van der Waals surface area (Å²) >= 11 is 3.31. The summed E-state index contributed by atoms with van der Waals surface area (Å²) in [6.07, 6.45) is 0.774. The highest BCUT2D eigenvalue weighted by Crippen LogP contribution is 2.23. The molecule has 0 saturated heterocycles. The summed E-state index contributed by atoms with van der Waals surface area (Å²) in [6, 6.07) is 5.13. The zero-order valence-electron chi connectivity index (χ0n) is 11.8. The molecule has 1 rings (SSSR count). The maximum atomic E-state index is 12.3. The first kappa shape index (κ1) is 16.6. The highest BCUT2D eigenvalue weighted by Gasteiger charge is 2.20. The molecule has 19 heavy (non-hydrogen) atoms. The molecule has 4 nitrogen and oxygen atoms in total. The van der Waals surface area contributed by atoms with Crippen molar-refractivity contribution in [2.75, 3.05) is 20.6 Å². The van der Waals surface area contributed by atoms with Crippen LogP contribution in [0.3, 0.4) is 0 Å². The first-order chi connectivity index (χ1) is 8.72. The zero-order chi connectivity index (χ0) is 14.6. The molecule has 0 fully saturated rings. The molecule has 6 heteroatoms. The third kappa shape index (κ3) is 5.22. The highest BCUT2D eigenvalue weighted by molar-refractivity contribution is 9.10. The van der Waals surface area contributed by atoms with Crippen LogP contribution in [0.1, 0.15) is 18.9 Å². The van der Waals surface area contributed by atoms with E-state index in [9.17, 15) is 8.42 Å². The summed E-state index contributed by atoms with van der Waals surface area (Å²) in [5.41, 5.74) is 1.02. The number of hydrogen-bond donors (Lipinski definition) is 1. The largest absolute Gasteiger partial charge is 0.309 e. The number of rotatable bonds is 6. The van der Waals surface area contributed by atoms with E-state index in [1.165, 1.54) is 0 Å². The van der Waals surface area contributed by atoms with E-state index < -0.39 is 10.0 Å². The van der Waals surface area contributed by atoms with Gasteiger partial charge in [-0.2, -0.15) is 0 Å². The summed E-state index contributed by atoms with van der Waals surface area (Å²) < 4.78 is 27.8. The van der Waals surface area contributed by atoms with Gasteiger partial charge in [0.05, 0.1) is 4.90 Å². The van der Waals surface area contributed by atoms with Crippen LogP contribution in [-0.4, -0.2) is 40.0 Å². The van der Waals surface area contributed by atoms with Gasteiger partial charge in [-0.3, -0.25) is 0 Å². The van der Waals surface area contributed by atoms with E-state index in [2.05, 4.69) is 20.7 Å². The van der Waals surface area contributed by atoms with Crippen molar-refractivity contribution in [3.8, 4) is 0 Å². The molecule has 1 aromatic rings. The number of benzene rings is 1. The van der Waals surface area contributed by atoms with Crippen LogP contribution in [0.2, 0.25) is 0 Å². The van der Waals surface area contributed by atoms with Crippen LogP contribution in [0.15, 0.2) is 27.6 Å². The summed E-state index contributed by atoms with van der Waals surface area (Å²) in [5, 5.41) is 0. The van der Waals surface area contributed by atoms with Gasteiger partial charge in [0, 0.05) is 10.5 Å². The normalized spacial score (nSPS) is 13.8. The number of nitrogens with zero attached hydrogens (tertiary/aromatic N) is 1. The molecule has 0 bridgehead atoms. The first-order valence-electron chi connectivity index (χ1n) is 6.15. The minimum absolute atomic E-state index is 0.0967. The van der Waals surface area contributed by atoms with Gasteiger partial charge in [-0.1, -0.05) is 6.07 Å². The Hall–Kier alpha value is -0.430. The topological polar surface area (TPSA) is 49.4 Å². The van der Waals surface area contributed by atoms with Gasteiger partial charge < -0.3 is 4.90 Å². The van der Waals surface area contributed by atoms with Crippen molar-refractivity contribution in [1.82, 2.24) is 9.62 Å². The van der Waals surface area contributed by atoms with E-state index in [-0.39, 0.29) is 10.9 Å². The van der Waals surface area contributed by atoms with Crippen LogP contribution in [0.25, 0.3) is 0 Å². The van der Waals surface area contributed by atoms with Gasteiger partial charge in [0.2, 0.25) is 10.0 Å². The maximum absolute atomic E-state index is 12.3. The molecule has 1 aromatic carbocycles. The molecule has 0 saturated carbocycles. The second-order valence-electron chi connectivity index (χ2n) is 5.05. The van der Waals surface area contributed by atoms with Crippen LogP contribution in [0.4, 0.5) is 0 Å². The molecule has 0 aliphatic heterocycles. The maximum Gasteiger partial charge on any atom is 0.241 e. The summed E-state index contributed by atoms with van der Waals surface area (Å²) in [4.78, 5) is 2.32. The third-order valence-corrected chi connectivity index (χ3v) is 5.31. The predicted octanol–water partition coefficient (Wildman–Crippen LogP) is 2.38. The molecule has 1 atom stereocenters. The zero-order valence-corrected chi connectivity index (χ0v) is 14.2. The Labute approximate surface area is 124 Å². The number of halogens is 1. The average Bonchev–Trinajstić information content (AvgIpc) is 2.25. The lowest BCUT2D eigenvalue weighted by Crippen LogP contribution is -2.35. The van der Waals surface area contributed by atoms with Gasteiger partial charge in [-0.25, -0.2) is 13.1 Å². The monoisotopic (exact) mass is 348 g/mol. The lowest BCUT2D eigenvalue weighted by Gasteiger charge is -2.17. The second kappa shape index (κ2) is 6.83. The van der Waals surface area contributed by atoms with Crippen LogP contribution in [-0.2, 0) is 10.0 Å². The van der Waals surface area contributed by atoms with Gasteiger partial charge >= 0.3 is 0 Å². The van der Waals surface area contributed by atoms with Crippen molar-refractivity contribution in [2.45, 2.75) is 31.2 Å². The number of sulfonamides is 1. The summed E-state index contributed by atoms with van der Waals surface area (Å²) in [7, 11) is 0.470. The van der Waals surface area contributed by atoms with Crippen molar-refractivity contribution in [3.05, 3.63) is 28.2 Å².